The molecule has 2 fully saturated rings. The first-order valence-electron chi connectivity index (χ1n) is 5.84. The summed E-state index contributed by atoms with van der Waals surface area (Å²) in [7, 11) is 0. The Balaban J connectivity index is 1.93. The predicted octanol–water partition coefficient (Wildman–Crippen LogP) is 0.738. The van der Waals surface area contributed by atoms with Crippen molar-refractivity contribution >= 4 is 23.1 Å². The number of amides is 1. The molecule has 2 rings (SSSR count). The molecule has 4 nitrogen and oxygen atoms in total. The summed E-state index contributed by atoms with van der Waals surface area (Å²) in [6, 6.07) is 0.132. The van der Waals surface area contributed by atoms with Crippen LogP contribution in [0.3, 0.4) is 0 Å². The van der Waals surface area contributed by atoms with E-state index >= 15 is 0 Å². The van der Waals surface area contributed by atoms with Gasteiger partial charge < -0.3 is 15.8 Å². The third-order valence-electron chi connectivity index (χ3n) is 3.61. The highest BCUT2D eigenvalue weighted by Crippen LogP contribution is 2.41. The summed E-state index contributed by atoms with van der Waals surface area (Å²) in [5, 5.41) is 3.01. The molecule has 3 N–H and O–H groups in total. The Kier molecular flexibility index (Phi) is 3.44. The second kappa shape index (κ2) is 4.67. The predicted molar refractivity (Wildman–Crippen MR) is 65.1 cm³/mol. The summed E-state index contributed by atoms with van der Waals surface area (Å²) in [4.78, 5) is 12.5. The standard InChI is InChI=1S/C11H18N2O2S/c12-9(16)11(4-2-5-11)10(14)13-8-3-1-6-15-7-8/h8H,1-7H2,(H2,12,16)(H,13,14). The molecule has 0 spiro atoms. The van der Waals surface area contributed by atoms with Gasteiger partial charge in [-0.2, -0.15) is 0 Å². The second-order valence-corrected chi connectivity index (χ2v) is 5.13. The van der Waals surface area contributed by atoms with Crippen LogP contribution < -0.4 is 11.1 Å². The van der Waals surface area contributed by atoms with Gasteiger partial charge in [0, 0.05) is 6.61 Å². The molecule has 0 radical (unpaired) electrons. The lowest BCUT2D eigenvalue weighted by atomic mass is 9.68. The molecule has 0 bridgehead atoms. The average molecular weight is 242 g/mol. The summed E-state index contributed by atoms with van der Waals surface area (Å²) < 4.78 is 5.33. The van der Waals surface area contributed by atoms with Crippen LogP contribution in [0.1, 0.15) is 32.1 Å². The third kappa shape index (κ3) is 2.06. The van der Waals surface area contributed by atoms with Crippen molar-refractivity contribution in [1.82, 2.24) is 5.32 Å². The van der Waals surface area contributed by atoms with Crippen molar-refractivity contribution in [3.8, 4) is 0 Å². The van der Waals surface area contributed by atoms with Crippen LogP contribution in [0.5, 0.6) is 0 Å². The number of nitrogens with one attached hydrogen (secondary N) is 1. The van der Waals surface area contributed by atoms with Gasteiger partial charge in [-0.3, -0.25) is 4.79 Å². The Hall–Kier alpha value is -0.680. The molecule has 1 amide bonds. The molecule has 0 aromatic heterocycles. The van der Waals surface area contributed by atoms with Crippen LogP contribution in [-0.4, -0.2) is 30.2 Å². The maximum absolute atomic E-state index is 12.1. The fraction of sp³-hybridized carbons (Fsp3) is 0.818. The van der Waals surface area contributed by atoms with Crippen molar-refractivity contribution in [3.05, 3.63) is 0 Å². The molecule has 0 aromatic rings. The lowest BCUT2D eigenvalue weighted by Crippen LogP contribution is -2.56. The zero-order valence-corrected chi connectivity index (χ0v) is 10.1. The maximum Gasteiger partial charge on any atom is 0.233 e. The smallest absolute Gasteiger partial charge is 0.233 e. The molecule has 16 heavy (non-hydrogen) atoms. The number of nitrogens with two attached hydrogens (primary N) is 1. The van der Waals surface area contributed by atoms with Crippen LogP contribution in [-0.2, 0) is 9.53 Å². The lowest BCUT2D eigenvalue weighted by Gasteiger charge is -2.40. The molecule has 2 aliphatic rings. The van der Waals surface area contributed by atoms with E-state index in [2.05, 4.69) is 5.32 Å². The Labute approximate surface area is 101 Å². The van der Waals surface area contributed by atoms with Gasteiger partial charge in [0.05, 0.1) is 23.1 Å². The van der Waals surface area contributed by atoms with Gasteiger partial charge in [-0.25, -0.2) is 0 Å². The minimum Gasteiger partial charge on any atom is -0.392 e. The number of ether oxygens (including phenoxy) is 1. The van der Waals surface area contributed by atoms with E-state index in [1.807, 2.05) is 0 Å². The topological polar surface area (TPSA) is 64.4 Å². The van der Waals surface area contributed by atoms with E-state index in [1.54, 1.807) is 0 Å². The molecular formula is C11H18N2O2S. The largest absolute Gasteiger partial charge is 0.392 e. The Morgan fingerprint density at radius 3 is 2.62 bits per heavy atom. The first-order valence-corrected chi connectivity index (χ1v) is 6.24. The maximum atomic E-state index is 12.1. The van der Waals surface area contributed by atoms with E-state index in [1.165, 1.54) is 0 Å². The van der Waals surface area contributed by atoms with Crippen molar-refractivity contribution in [2.24, 2.45) is 11.1 Å². The van der Waals surface area contributed by atoms with E-state index in [0.717, 1.165) is 38.7 Å². The fourth-order valence-electron chi connectivity index (χ4n) is 2.29. The van der Waals surface area contributed by atoms with Crippen molar-refractivity contribution in [1.29, 1.82) is 0 Å². The molecular weight excluding hydrogens is 224 g/mol. The molecule has 1 aliphatic heterocycles. The minimum absolute atomic E-state index is 0.00162. The van der Waals surface area contributed by atoms with Crippen LogP contribution in [0.25, 0.3) is 0 Å². The van der Waals surface area contributed by atoms with Crippen LogP contribution in [0.4, 0.5) is 0 Å². The van der Waals surface area contributed by atoms with Gasteiger partial charge in [0.2, 0.25) is 5.91 Å². The quantitative estimate of drug-likeness (QED) is 0.716. The van der Waals surface area contributed by atoms with Gasteiger partial charge >= 0.3 is 0 Å². The molecule has 1 aliphatic carbocycles. The number of thiocarbonyl (C=S) groups is 1. The summed E-state index contributed by atoms with van der Waals surface area (Å²) in [6.45, 7) is 1.41. The molecule has 1 saturated carbocycles. The lowest BCUT2D eigenvalue weighted by molar-refractivity contribution is -0.132. The molecule has 5 heteroatoms. The van der Waals surface area contributed by atoms with E-state index in [9.17, 15) is 4.79 Å². The van der Waals surface area contributed by atoms with Crippen LogP contribution in [0.15, 0.2) is 0 Å². The highest BCUT2D eigenvalue weighted by atomic mass is 32.1. The SMILES string of the molecule is NC(=S)C1(C(=O)NC2CCCOC2)CCC1. The first kappa shape index (κ1) is 11.8. The molecule has 1 atom stereocenters. The van der Waals surface area contributed by atoms with E-state index in [0.29, 0.717) is 11.6 Å². The molecule has 0 aromatic carbocycles. The summed E-state index contributed by atoms with van der Waals surface area (Å²) >= 11 is 5.01. The van der Waals surface area contributed by atoms with Crippen molar-refractivity contribution < 1.29 is 9.53 Å². The zero-order valence-electron chi connectivity index (χ0n) is 9.33. The summed E-state index contributed by atoms with van der Waals surface area (Å²) in [5.41, 5.74) is 5.12. The van der Waals surface area contributed by atoms with E-state index < -0.39 is 5.41 Å². The second-order valence-electron chi connectivity index (χ2n) is 4.69. The fourth-order valence-corrected chi connectivity index (χ4v) is 2.59. The number of hydrogen-bond donors (Lipinski definition) is 2. The summed E-state index contributed by atoms with van der Waals surface area (Å²) in [6.07, 6.45) is 4.61. The molecule has 1 heterocycles. The van der Waals surface area contributed by atoms with Gasteiger partial charge in [0.1, 0.15) is 0 Å². The monoisotopic (exact) mass is 242 g/mol. The van der Waals surface area contributed by atoms with Crippen LogP contribution in [0.2, 0.25) is 0 Å². The number of carbonyl (C=O) groups is 1. The Bertz CT molecular complexity index is 296. The van der Waals surface area contributed by atoms with E-state index in [-0.39, 0.29) is 11.9 Å². The zero-order chi connectivity index (χ0) is 11.6. The normalized spacial score (nSPS) is 27.9. The molecule has 1 unspecified atom stereocenters. The Morgan fingerprint density at radius 1 is 1.44 bits per heavy atom. The van der Waals surface area contributed by atoms with Gasteiger partial charge in [-0.05, 0) is 25.7 Å². The average Bonchev–Trinajstić information content (AvgIpc) is 2.16. The highest BCUT2D eigenvalue weighted by molar-refractivity contribution is 7.80. The number of hydrogen-bond acceptors (Lipinski definition) is 3. The number of carbonyl (C=O) groups excluding carboxylic acids is 1. The van der Waals surface area contributed by atoms with Gasteiger partial charge in [-0.1, -0.05) is 18.6 Å². The molecule has 90 valence electrons. The van der Waals surface area contributed by atoms with Gasteiger partial charge in [0.25, 0.3) is 0 Å². The van der Waals surface area contributed by atoms with Gasteiger partial charge in [0.15, 0.2) is 0 Å². The Morgan fingerprint density at radius 2 is 2.19 bits per heavy atom. The highest BCUT2D eigenvalue weighted by Gasteiger charge is 2.47. The third-order valence-corrected chi connectivity index (χ3v) is 4.00. The van der Waals surface area contributed by atoms with E-state index in [4.69, 9.17) is 22.7 Å². The summed E-state index contributed by atoms with van der Waals surface area (Å²) in [5.74, 6) is 0.00162. The first-order chi connectivity index (χ1) is 7.65. The van der Waals surface area contributed by atoms with Crippen molar-refractivity contribution in [2.75, 3.05) is 13.2 Å². The molecule has 1 saturated heterocycles. The van der Waals surface area contributed by atoms with Crippen LogP contribution in [0, 0.1) is 5.41 Å². The van der Waals surface area contributed by atoms with Crippen molar-refractivity contribution in [2.45, 2.75) is 38.1 Å². The van der Waals surface area contributed by atoms with Crippen molar-refractivity contribution in [3.63, 3.8) is 0 Å². The van der Waals surface area contributed by atoms with Gasteiger partial charge in [-0.15, -0.1) is 0 Å². The number of rotatable bonds is 3. The minimum atomic E-state index is -0.563. The van der Waals surface area contributed by atoms with Crippen LogP contribution >= 0.6 is 12.2 Å².